The van der Waals surface area contributed by atoms with Crippen LogP contribution < -0.4 is 10.5 Å². The van der Waals surface area contributed by atoms with Crippen molar-refractivity contribution in [3.8, 4) is 5.75 Å². The van der Waals surface area contributed by atoms with Crippen molar-refractivity contribution in [2.24, 2.45) is 5.73 Å². The summed E-state index contributed by atoms with van der Waals surface area (Å²) in [5.74, 6) is 0.504. The fourth-order valence-electron chi connectivity index (χ4n) is 1.46. The lowest BCUT2D eigenvalue weighted by molar-refractivity contribution is -0.384. The Bertz CT molecular complexity index is 402. The summed E-state index contributed by atoms with van der Waals surface area (Å²) >= 11 is 0. The Balaban J connectivity index is 3.27. The van der Waals surface area contributed by atoms with Crippen molar-refractivity contribution in [3.05, 3.63) is 33.9 Å². The van der Waals surface area contributed by atoms with Crippen molar-refractivity contribution in [1.82, 2.24) is 0 Å². The number of nitrogens with zero attached hydrogens (tertiary/aromatic N) is 1. The van der Waals surface area contributed by atoms with Crippen LogP contribution in [0, 0.1) is 10.1 Å². The summed E-state index contributed by atoms with van der Waals surface area (Å²) in [7, 11) is 1.50. The molecule has 5 nitrogen and oxygen atoms in total. The van der Waals surface area contributed by atoms with Crippen LogP contribution in [0.5, 0.6) is 5.75 Å². The zero-order valence-corrected chi connectivity index (χ0v) is 9.69. The first kappa shape index (κ1) is 12.4. The minimum Gasteiger partial charge on any atom is -0.496 e. The van der Waals surface area contributed by atoms with Gasteiger partial charge in [-0.15, -0.1) is 0 Å². The van der Waals surface area contributed by atoms with Crippen molar-refractivity contribution in [2.45, 2.75) is 19.3 Å². The van der Waals surface area contributed by atoms with Crippen molar-refractivity contribution in [3.63, 3.8) is 0 Å². The van der Waals surface area contributed by atoms with Gasteiger partial charge in [-0.1, -0.05) is 13.8 Å². The molecule has 0 aliphatic heterocycles. The summed E-state index contributed by atoms with van der Waals surface area (Å²) in [5.41, 5.74) is 6.31. The summed E-state index contributed by atoms with van der Waals surface area (Å²) in [5, 5.41) is 10.6. The van der Waals surface area contributed by atoms with Gasteiger partial charge in [0.15, 0.2) is 0 Å². The van der Waals surface area contributed by atoms with Gasteiger partial charge in [0.1, 0.15) is 5.75 Å². The molecule has 0 fully saturated rings. The normalized spacial score (nSPS) is 11.2. The van der Waals surface area contributed by atoms with E-state index in [9.17, 15) is 10.1 Å². The summed E-state index contributed by atoms with van der Waals surface area (Å²) in [6.07, 6.45) is 0. The number of hydrogen-bond acceptors (Lipinski definition) is 4. The maximum Gasteiger partial charge on any atom is 0.273 e. The lowest BCUT2D eigenvalue weighted by Gasteiger charge is -2.24. The molecule has 0 bridgehead atoms. The third-order valence-electron chi connectivity index (χ3n) is 2.64. The number of methoxy groups -OCH3 is 1. The van der Waals surface area contributed by atoms with Gasteiger partial charge in [0.2, 0.25) is 0 Å². The molecule has 0 spiro atoms. The first-order valence-corrected chi connectivity index (χ1v) is 4.95. The Morgan fingerprint density at radius 2 is 2.12 bits per heavy atom. The number of hydrogen-bond donors (Lipinski definition) is 1. The lowest BCUT2D eigenvalue weighted by atomic mass is 9.84. The molecule has 0 unspecified atom stereocenters. The van der Waals surface area contributed by atoms with Gasteiger partial charge < -0.3 is 10.5 Å². The smallest absolute Gasteiger partial charge is 0.273 e. The molecule has 0 aromatic heterocycles. The maximum atomic E-state index is 10.6. The Morgan fingerprint density at radius 3 is 2.56 bits per heavy atom. The zero-order valence-electron chi connectivity index (χ0n) is 9.69. The summed E-state index contributed by atoms with van der Waals surface area (Å²) < 4.78 is 5.16. The second-order valence-electron chi connectivity index (χ2n) is 4.23. The predicted octanol–water partition coefficient (Wildman–Crippen LogP) is 1.84. The van der Waals surface area contributed by atoms with E-state index in [1.54, 1.807) is 6.07 Å². The molecule has 88 valence electrons. The first-order valence-electron chi connectivity index (χ1n) is 4.95. The highest BCUT2D eigenvalue weighted by Gasteiger charge is 2.24. The lowest BCUT2D eigenvalue weighted by Crippen LogP contribution is -2.28. The average Bonchev–Trinajstić information content (AvgIpc) is 2.28. The Hall–Kier alpha value is -1.62. The maximum absolute atomic E-state index is 10.6. The van der Waals surface area contributed by atoms with Crippen LogP contribution in [-0.4, -0.2) is 18.6 Å². The number of ether oxygens (including phenoxy) is 1. The molecule has 1 aromatic rings. The van der Waals surface area contributed by atoms with Crippen LogP contribution in [0.3, 0.4) is 0 Å². The summed E-state index contributed by atoms with van der Waals surface area (Å²) in [6, 6.07) is 4.59. The largest absolute Gasteiger partial charge is 0.496 e. The van der Waals surface area contributed by atoms with Gasteiger partial charge in [0.05, 0.1) is 18.1 Å². The highest BCUT2D eigenvalue weighted by molar-refractivity contribution is 5.47. The minimum absolute atomic E-state index is 0.0217. The molecular formula is C11H16N2O3. The second-order valence-corrected chi connectivity index (χ2v) is 4.23. The van der Waals surface area contributed by atoms with Gasteiger partial charge in [-0.2, -0.15) is 0 Å². The third kappa shape index (κ3) is 2.30. The van der Waals surface area contributed by atoms with Crippen LogP contribution in [0.25, 0.3) is 0 Å². The van der Waals surface area contributed by atoms with Gasteiger partial charge in [-0.25, -0.2) is 0 Å². The van der Waals surface area contributed by atoms with Gasteiger partial charge in [-0.05, 0) is 6.07 Å². The van der Waals surface area contributed by atoms with E-state index in [2.05, 4.69) is 0 Å². The summed E-state index contributed by atoms with van der Waals surface area (Å²) in [4.78, 5) is 10.2. The number of nitro groups is 1. The predicted molar refractivity (Wildman–Crippen MR) is 61.7 cm³/mol. The van der Waals surface area contributed by atoms with Crippen molar-refractivity contribution >= 4 is 5.69 Å². The van der Waals surface area contributed by atoms with E-state index in [1.165, 1.54) is 19.2 Å². The molecule has 0 aliphatic rings. The molecule has 0 aliphatic carbocycles. The fourth-order valence-corrected chi connectivity index (χ4v) is 1.46. The van der Waals surface area contributed by atoms with E-state index in [0.29, 0.717) is 12.3 Å². The van der Waals surface area contributed by atoms with Gasteiger partial charge in [-0.3, -0.25) is 10.1 Å². The second kappa shape index (κ2) is 4.49. The molecule has 2 N–H and O–H groups in total. The number of rotatable bonds is 4. The molecule has 0 heterocycles. The van der Waals surface area contributed by atoms with E-state index in [4.69, 9.17) is 10.5 Å². The van der Waals surface area contributed by atoms with Crippen LogP contribution in [-0.2, 0) is 5.41 Å². The van der Waals surface area contributed by atoms with Crippen molar-refractivity contribution in [1.29, 1.82) is 0 Å². The molecule has 0 saturated carbocycles. The fraction of sp³-hybridized carbons (Fsp3) is 0.455. The molecule has 0 radical (unpaired) electrons. The van der Waals surface area contributed by atoms with Crippen molar-refractivity contribution < 1.29 is 9.66 Å². The molecule has 1 rings (SSSR count). The van der Waals surface area contributed by atoms with Gasteiger partial charge >= 0.3 is 0 Å². The monoisotopic (exact) mass is 224 g/mol. The number of non-ortho nitro benzene ring substituents is 1. The Kier molecular flexibility index (Phi) is 3.49. The van der Waals surface area contributed by atoms with E-state index in [1.807, 2.05) is 13.8 Å². The first-order chi connectivity index (χ1) is 7.42. The Morgan fingerprint density at radius 1 is 1.50 bits per heavy atom. The van der Waals surface area contributed by atoms with Gasteiger partial charge in [0.25, 0.3) is 5.69 Å². The SMILES string of the molecule is COc1cc([N+](=O)[O-])ccc1C(C)(C)CN. The topological polar surface area (TPSA) is 78.4 Å². The highest BCUT2D eigenvalue weighted by Crippen LogP contribution is 2.33. The average molecular weight is 224 g/mol. The Labute approximate surface area is 94.4 Å². The number of nitrogens with two attached hydrogens (primary N) is 1. The molecule has 5 heteroatoms. The number of benzene rings is 1. The zero-order chi connectivity index (χ0) is 12.3. The molecule has 1 aromatic carbocycles. The summed E-state index contributed by atoms with van der Waals surface area (Å²) in [6.45, 7) is 4.38. The van der Waals surface area contributed by atoms with E-state index in [-0.39, 0.29) is 11.1 Å². The van der Waals surface area contributed by atoms with Crippen LogP contribution in [0.1, 0.15) is 19.4 Å². The number of nitro benzene ring substituents is 1. The van der Waals surface area contributed by atoms with E-state index < -0.39 is 4.92 Å². The van der Waals surface area contributed by atoms with Crippen LogP contribution in [0.2, 0.25) is 0 Å². The standard InChI is InChI=1S/C11H16N2O3/c1-11(2,7-12)9-5-4-8(13(14)15)6-10(9)16-3/h4-6H,7,12H2,1-3H3. The molecule has 0 amide bonds. The quantitative estimate of drug-likeness (QED) is 0.625. The van der Waals surface area contributed by atoms with Crippen molar-refractivity contribution in [2.75, 3.05) is 13.7 Å². The molecule has 16 heavy (non-hydrogen) atoms. The third-order valence-corrected chi connectivity index (χ3v) is 2.64. The molecule has 0 saturated heterocycles. The van der Waals surface area contributed by atoms with E-state index in [0.717, 1.165) is 5.56 Å². The van der Waals surface area contributed by atoms with Gasteiger partial charge in [0, 0.05) is 23.6 Å². The molecule has 0 atom stereocenters. The molecular weight excluding hydrogens is 208 g/mol. The van der Waals surface area contributed by atoms with E-state index >= 15 is 0 Å². The highest BCUT2D eigenvalue weighted by atomic mass is 16.6. The van der Waals surface area contributed by atoms with Crippen LogP contribution in [0.4, 0.5) is 5.69 Å². The minimum atomic E-state index is -0.443. The van der Waals surface area contributed by atoms with Crippen LogP contribution >= 0.6 is 0 Å². The van der Waals surface area contributed by atoms with Crippen LogP contribution in [0.15, 0.2) is 18.2 Å².